The fourth-order valence-corrected chi connectivity index (χ4v) is 3.66. The van der Waals surface area contributed by atoms with Crippen LogP contribution in [0.1, 0.15) is 31.1 Å². The van der Waals surface area contributed by atoms with E-state index in [0.717, 1.165) is 6.26 Å². The number of rotatable bonds is 4. The van der Waals surface area contributed by atoms with Crippen molar-refractivity contribution in [2.45, 2.75) is 37.3 Å². The number of nitrogens with one attached hydrogen (secondary N) is 1. The van der Waals surface area contributed by atoms with Crippen molar-refractivity contribution in [3.8, 4) is 0 Å². The van der Waals surface area contributed by atoms with Gasteiger partial charge in [-0.2, -0.15) is 0 Å². The second kappa shape index (κ2) is 8.48. The number of carbonyl (C=O) groups is 2. The standard InChI is InChI=1S/C19H29N3O5S/c1-19(2,3)27-18(24)20-12-15-13-21(4)9-10-22(15)17(23)14-7-6-8-16(11-14)28(5,25)26/h6-8,11,15H,9-10,12-13H2,1-5H3,(H,20,24)/t15-/m1/s1. The molecule has 8 nitrogen and oxygen atoms in total. The zero-order valence-electron chi connectivity index (χ0n) is 17.1. The third-order valence-electron chi connectivity index (χ3n) is 4.34. The van der Waals surface area contributed by atoms with Crippen LogP contribution in [0.3, 0.4) is 0 Å². The molecule has 1 fully saturated rings. The van der Waals surface area contributed by atoms with Crippen LogP contribution in [-0.4, -0.2) is 81.3 Å². The van der Waals surface area contributed by atoms with E-state index < -0.39 is 21.5 Å². The molecule has 0 spiro atoms. The number of nitrogens with zero attached hydrogens (tertiary/aromatic N) is 2. The highest BCUT2D eigenvalue weighted by Gasteiger charge is 2.31. The van der Waals surface area contributed by atoms with Crippen molar-refractivity contribution >= 4 is 21.8 Å². The first-order chi connectivity index (χ1) is 12.9. The molecule has 0 unspecified atom stereocenters. The van der Waals surface area contributed by atoms with E-state index >= 15 is 0 Å². The smallest absolute Gasteiger partial charge is 0.407 e. The summed E-state index contributed by atoms with van der Waals surface area (Å²) in [7, 11) is -1.45. The van der Waals surface area contributed by atoms with Crippen molar-refractivity contribution in [1.29, 1.82) is 0 Å². The molecular weight excluding hydrogens is 382 g/mol. The molecule has 2 amide bonds. The minimum atomic E-state index is -3.40. The second-order valence-corrected chi connectivity index (χ2v) is 10.1. The summed E-state index contributed by atoms with van der Waals surface area (Å²) in [5, 5.41) is 2.72. The van der Waals surface area contributed by atoms with Crippen LogP contribution in [0, 0.1) is 0 Å². The molecule has 9 heteroatoms. The number of benzene rings is 1. The number of likely N-dealkylation sites (N-methyl/N-ethyl adjacent to an activating group) is 1. The summed E-state index contributed by atoms with van der Waals surface area (Å²) in [5.41, 5.74) is -0.288. The van der Waals surface area contributed by atoms with Gasteiger partial charge in [-0.1, -0.05) is 6.07 Å². The highest BCUT2D eigenvalue weighted by atomic mass is 32.2. The molecule has 2 rings (SSSR count). The summed E-state index contributed by atoms with van der Waals surface area (Å²) < 4.78 is 28.8. The van der Waals surface area contributed by atoms with Crippen LogP contribution in [0.15, 0.2) is 29.2 Å². The second-order valence-electron chi connectivity index (χ2n) is 8.10. The Morgan fingerprint density at radius 2 is 1.93 bits per heavy atom. The van der Waals surface area contributed by atoms with Crippen molar-refractivity contribution in [3.63, 3.8) is 0 Å². The number of carbonyl (C=O) groups excluding carboxylic acids is 2. The van der Waals surface area contributed by atoms with Crippen LogP contribution < -0.4 is 5.32 Å². The maximum atomic E-state index is 13.0. The Morgan fingerprint density at radius 3 is 2.54 bits per heavy atom. The van der Waals surface area contributed by atoms with E-state index in [1.807, 2.05) is 7.05 Å². The first kappa shape index (κ1) is 22.2. The van der Waals surface area contributed by atoms with E-state index in [1.165, 1.54) is 12.1 Å². The van der Waals surface area contributed by atoms with Gasteiger partial charge in [0, 0.05) is 38.0 Å². The average molecular weight is 412 g/mol. The fourth-order valence-electron chi connectivity index (χ4n) is 2.99. The summed E-state index contributed by atoms with van der Waals surface area (Å²) in [5.74, 6) is -0.255. The molecule has 0 radical (unpaired) electrons. The van der Waals surface area contributed by atoms with Crippen LogP contribution in [0.25, 0.3) is 0 Å². The molecular formula is C19H29N3O5S. The molecule has 1 atom stereocenters. The Morgan fingerprint density at radius 1 is 1.25 bits per heavy atom. The molecule has 1 heterocycles. The van der Waals surface area contributed by atoms with Gasteiger partial charge >= 0.3 is 6.09 Å². The summed E-state index contributed by atoms with van der Waals surface area (Å²) in [6, 6.07) is 5.79. The molecule has 0 aliphatic carbocycles. The lowest BCUT2D eigenvalue weighted by Gasteiger charge is -2.40. The number of ether oxygens (including phenoxy) is 1. The van der Waals surface area contributed by atoms with Gasteiger partial charge in [0.05, 0.1) is 10.9 Å². The van der Waals surface area contributed by atoms with Gasteiger partial charge in [0.25, 0.3) is 5.91 Å². The largest absolute Gasteiger partial charge is 0.444 e. The lowest BCUT2D eigenvalue weighted by molar-refractivity contribution is 0.0403. The van der Waals surface area contributed by atoms with Crippen molar-refractivity contribution < 1.29 is 22.7 Å². The molecule has 1 aliphatic heterocycles. The van der Waals surface area contributed by atoms with Crippen molar-refractivity contribution in [3.05, 3.63) is 29.8 Å². The van der Waals surface area contributed by atoms with E-state index in [2.05, 4.69) is 10.2 Å². The predicted molar refractivity (Wildman–Crippen MR) is 106 cm³/mol. The van der Waals surface area contributed by atoms with E-state index in [9.17, 15) is 18.0 Å². The van der Waals surface area contributed by atoms with Gasteiger partial charge < -0.3 is 19.9 Å². The van der Waals surface area contributed by atoms with Crippen LogP contribution in [0.4, 0.5) is 4.79 Å². The average Bonchev–Trinajstić information content (AvgIpc) is 2.57. The molecule has 1 aromatic carbocycles. The SMILES string of the molecule is CN1CCN(C(=O)c2cccc(S(C)(=O)=O)c2)[C@H](CNC(=O)OC(C)(C)C)C1. The van der Waals surface area contributed by atoms with Crippen molar-refractivity contribution in [1.82, 2.24) is 15.1 Å². The number of amides is 2. The third kappa shape index (κ3) is 6.20. The zero-order chi connectivity index (χ0) is 21.1. The molecule has 0 aromatic heterocycles. The normalized spacial score (nSPS) is 18.6. The molecule has 0 bridgehead atoms. The van der Waals surface area contributed by atoms with Gasteiger partial charge in [-0.05, 0) is 46.0 Å². The van der Waals surface area contributed by atoms with E-state index in [4.69, 9.17) is 4.74 Å². The first-order valence-electron chi connectivity index (χ1n) is 9.13. The number of alkyl carbamates (subject to hydrolysis) is 1. The Kier molecular flexibility index (Phi) is 6.71. The maximum Gasteiger partial charge on any atom is 0.407 e. The Bertz CT molecular complexity index is 832. The number of sulfone groups is 1. The fraction of sp³-hybridized carbons (Fsp3) is 0.579. The Hall–Kier alpha value is -2.13. The van der Waals surface area contributed by atoms with Crippen LogP contribution >= 0.6 is 0 Å². The zero-order valence-corrected chi connectivity index (χ0v) is 17.9. The Balaban J connectivity index is 2.15. The van der Waals surface area contributed by atoms with Gasteiger partial charge in [0.2, 0.25) is 0 Å². The van der Waals surface area contributed by atoms with Gasteiger partial charge in [0.1, 0.15) is 5.60 Å². The summed E-state index contributed by atoms with van der Waals surface area (Å²) >= 11 is 0. The number of piperazine rings is 1. The van der Waals surface area contributed by atoms with Crippen molar-refractivity contribution in [2.75, 3.05) is 39.5 Å². The molecule has 1 N–H and O–H groups in total. The lowest BCUT2D eigenvalue weighted by Crippen LogP contribution is -2.58. The molecule has 1 aromatic rings. The molecule has 1 saturated heterocycles. The molecule has 1 aliphatic rings. The van der Waals surface area contributed by atoms with Gasteiger partial charge in [-0.25, -0.2) is 13.2 Å². The van der Waals surface area contributed by atoms with Crippen LogP contribution in [0.5, 0.6) is 0 Å². The van der Waals surface area contributed by atoms with Crippen LogP contribution in [-0.2, 0) is 14.6 Å². The number of hydrogen-bond donors (Lipinski definition) is 1. The minimum absolute atomic E-state index is 0.107. The van der Waals surface area contributed by atoms with Crippen LogP contribution in [0.2, 0.25) is 0 Å². The highest BCUT2D eigenvalue weighted by Crippen LogP contribution is 2.17. The van der Waals surface area contributed by atoms with Gasteiger partial charge in [-0.15, -0.1) is 0 Å². The van der Waals surface area contributed by atoms with E-state index in [-0.39, 0.29) is 23.4 Å². The maximum absolute atomic E-state index is 13.0. The molecule has 156 valence electrons. The lowest BCUT2D eigenvalue weighted by atomic mass is 10.1. The predicted octanol–water partition coefficient (Wildman–Crippen LogP) is 1.37. The van der Waals surface area contributed by atoms with Gasteiger partial charge in [-0.3, -0.25) is 4.79 Å². The first-order valence-corrected chi connectivity index (χ1v) is 11.0. The Labute approximate surface area is 166 Å². The summed E-state index contributed by atoms with van der Waals surface area (Å²) in [6.45, 7) is 7.37. The number of hydrogen-bond acceptors (Lipinski definition) is 6. The van der Waals surface area contributed by atoms with E-state index in [1.54, 1.807) is 37.8 Å². The topological polar surface area (TPSA) is 96.0 Å². The third-order valence-corrected chi connectivity index (χ3v) is 5.45. The van der Waals surface area contributed by atoms with Gasteiger partial charge in [0.15, 0.2) is 9.84 Å². The summed E-state index contributed by atoms with van der Waals surface area (Å²) in [6.07, 6.45) is 0.576. The van der Waals surface area contributed by atoms with Crippen molar-refractivity contribution in [2.24, 2.45) is 0 Å². The monoisotopic (exact) mass is 411 g/mol. The molecule has 0 saturated carbocycles. The molecule has 28 heavy (non-hydrogen) atoms. The highest BCUT2D eigenvalue weighted by molar-refractivity contribution is 7.90. The summed E-state index contributed by atoms with van der Waals surface area (Å²) in [4.78, 5) is 28.9. The quantitative estimate of drug-likeness (QED) is 0.804. The minimum Gasteiger partial charge on any atom is -0.444 e. The van der Waals surface area contributed by atoms with E-state index in [0.29, 0.717) is 25.2 Å².